The summed E-state index contributed by atoms with van der Waals surface area (Å²) in [5.74, 6) is -0.518. The van der Waals surface area contributed by atoms with Gasteiger partial charge in [-0.05, 0) is 49.4 Å². The average molecular weight is 263 g/mol. The highest BCUT2D eigenvalue weighted by Crippen LogP contribution is 2.25. The minimum absolute atomic E-state index is 0.225. The molecule has 19 heavy (non-hydrogen) atoms. The van der Waals surface area contributed by atoms with Gasteiger partial charge in [-0.25, -0.2) is 13.8 Å². The Morgan fingerprint density at radius 3 is 2.47 bits per heavy atom. The molecule has 0 radical (unpaired) electrons. The first kappa shape index (κ1) is 13.4. The number of rotatable bonds is 5. The number of nitrogens with two attached hydrogens (primary N) is 1. The predicted octanol–water partition coefficient (Wildman–Crippen LogP) is 2.85. The van der Waals surface area contributed by atoms with Crippen LogP contribution in [0.2, 0.25) is 0 Å². The number of anilines is 2. The van der Waals surface area contributed by atoms with Gasteiger partial charge < -0.3 is 10.6 Å². The standard InChI is InChI=1S/C14H15F2N3/c15-11-4-6-12(7-5-11)19(10-2-8-17)14-13(16)3-1-9-18-14/h1,3-7,9H,2,8,10,17H2. The summed E-state index contributed by atoms with van der Waals surface area (Å²) in [6.07, 6.45) is 2.21. The quantitative estimate of drug-likeness (QED) is 0.902. The largest absolute Gasteiger partial charge is 0.330 e. The van der Waals surface area contributed by atoms with Gasteiger partial charge >= 0.3 is 0 Å². The van der Waals surface area contributed by atoms with Crippen LogP contribution in [0.4, 0.5) is 20.3 Å². The van der Waals surface area contributed by atoms with Crippen LogP contribution in [0.5, 0.6) is 0 Å². The van der Waals surface area contributed by atoms with E-state index in [0.717, 1.165) is 0 Å². The van der Waals surface area contributed by atoms with E-state index in [1.807, 2.05) is 0 Å². The molecule has 0 aliphatic carbocycles. The molecule has 0 saturated heterocycles. The van der Waals surface area contributed by atoms with Gasteiger partial charge in [-0.2, -0.15) is 0 Å². The van der Waals surface area contributed by atoms with Gasteiger partial charge in [0.2, 0.25) is 0 Å². The van der Waals surface area contributed by atoms with Crippen molar-refractivity contribution in [2.24, 2.45) is 5.73 Å². The number of hydrogen-bond acceptors (Lipinski definition) is 3. The second-order valence-electron chi connectivity index (χ2n) is 4.08. The lowest BCUT2D eigenvalue weighted by atomic mass is 10.2. The lowest BCUT2D eigenvalue weighted by molar-refractivity contribution is 0.615. The zero-order valence-corrected chi connectivity index (χ0v) is 10.4. The maximum Gasteiger partial charge on any atom is 0.169 e. The van der Waals surface area contributed by atoms with Gasteiger partial charge in [-0.15, -0.1) is 0 Å². The third kappa shape index (κ3) is 3.26. The molecule has 0 unspecified atom stereocenters. The topological polar surface area (TPSA) is 42.1 Å². The van der Waals surface area contributed by atoms with Crippen molar-refractivity contribution >= 4 is 11.5 Å². The van der Waals surface area contributed by atoms with Crippen LogP contribution in [0.15, 0.2) is 42.6 Å². The number of halogens is 2. The van der Waals surface area contributed by atoms with Crippen molar-refractivity contribution in [3.05, 3.63) is 54.2 Å². The van der Waals surface area contributed by atoms with Crippen molar-refractivity contribution in [3.63, 3.8) is 0 Å². The van der Waals surface area contributed by atoms with Crippen LogP contribution in [0.25, 0.3) is 0 Å². The summed E-state index contributed by atoms with van der Waals surface area (Å²) in [6, 6.07) is 8.75. The van der Waals surface area contributed by atoms with Crippen LogP contribution in [-0.2, 0) is 0 Å². The van der Waals surface area contributed by atoms with Crippen molar-refractivity contribution in [1.82, 2.24) is 4.98 Å². The van der Waals surface area contributed by atoms with Crippen molar-refractivity contribution in [3.8, 4) is 0 Å². The van der Waals surface area contributed by atoms with Crippen LogP contribution in [0, 0.1) is 11.6 Å². The molecule has 2 aromatic rings. The Labute approximate surface area is 110 Å². The van der Waals surface area contributed by atoms with E-state index in [2.05, 4.69) is 4.98 Å². The second-order valence-corrected chi connectivity index (χ2v) is 4.08. The minimum atomic E-state index is -0.413. The van der Waals surface area contributed by atoms with Crippen molar-refractivity contribution in [2.75, 3.05) is 18.0 Å². The normalized spacial score (nSPS) is 10.5. The Kier molecular flexibility index (Phi) is 4.41. The Morgan fingerprint density at radius 2 is 1.84 bits per heavy atom. The number of aromatic nitrogens is 1. The van der Waals surface area contributed by atoms with Crippen molar-refractivity contribution in [1.29, 1.82) is 0 Å². The highest BCUT2D eigenvalue weighted by Gasteiger charge is 2.14. The van der Waals surface area contributed by atoms with Gasteiger partial charge in [-0.3, -0.25) is 0 Å². The Morgan fingerprint density at radius 1 is 1.11 bits per heavy atom. The minimum Gasteiger partial charge on any atom is -0.330 e. The van der Waals surface area contributed by atoms with Gasteiger partial charge in [0.15, 0.2) is 11.6 Å². The molecular formula is C14H15F2N3. The van der Waals surface area contributed by atoms with E-state index in [4.69, 9.17) is 5.73 Å². The average Bonchev–Trinajstić information content (AvgIpc) is 2.43. The molecule has 0 amide bonds. The van der Waals surface area contributed by atoms with E-state index in [9.17, 15) is 8.78 Å². The molecule has 3 nitrogen and oxygen atoms in total. The molecule has 1 aromatic heterocycles. The Bertz CT molecular complexity index is 528. The first-order valence-electron chi connectivity index (χ1n) is 6.06. The van der Waals surface area contributed by atoms with E-state index in [1.165, 1.54) is 30.5 Å². The zero-order valence-electron chi connectivity index (χ0n) is 10.4. The maximum absolute atomic E-state index is 13.8. The fourth-order valence-corrected chi connectivity index (χ4v) is 1.80. The molecule has 0 spiro atoms. The molecule has 100 valence electrons. The van der Waals surface area contributed by atoms with Gasteiger partial charge in [0.25, 0.3) is 0 Å². The smallest absolute Gasteiger partial charge is 0.169 e. The highest BCUT2D eigenvalue weighted by atomic mass is 19.1. The fraction of sp³-hybridized carbons (Fsp3) is 0.214. The molecule has 2 rings (SSSR count). The highest BCUT2D eigenvalue weighted by molar-refractivity contribution is 5.60. The summed E-state index contributed by atoms with van der Waals surface area (Å²) in [5, 5.41) is 0. The first-order valence-corrected chi connectivity index (χ1v) is 6.06. The summed E-state index contributed by atoms with van der Waals surface area (Å²) in [4.78, 5) is 5.74. The van der Waals surface area contributed by atoms with Gasteiger partial charge in [-0.1, -0.05) is 0 Å². The van der Waals surface area contributed by atoms with Crippen LogP contribution < -0.4 is 10.6 Å². The Balaban J connectivity index is 2.35. The monoisotopic (exact) mass is 263 g/mol. The maximum atomic E-state index is 13.8. The molecule has 0 saturated carbocycles. The van der Waals surface area contributed by atoms with E-state index in [0.29, 0.717) is 25.2 Å². The molecule has 2 N–H and O–H groups in total. The summed E-state index contributed by atoms with van der Waals surface area (Å²) in [7, 11) is 0. The molecule has 0 atom stereocenters. The molecule has 1 aromatic carbocycles. The van der Waals surface area contributed by atoms with E-state index in [1.54, 1.807) is 17.0 Å². The van der Waals surface area contributed by atoms with Crippen molar-refractivity contribution in [2.45, 2.75) is 6.42 Å². The van der Waals surface area contributed by atoms with Crippen LogP contribution in [0.1, 0.15) is 6.42 Å². The number of hydrogen-bond donors (Lipinski definition) is 1. The number of nitrogens with zero attached hydrogens (tertiary/aromatic N) is 2. The van der Waals surface area contributed by atoms with E-state index < -0.39 is 5.82 Å². The lowest BCUT2D eigenvalue weighted by Gasteiger charge is -2.24. The van der Waals surface area contributed by atoms with Crippen LogP contribution in [-0.4, -0.2) is 18.1 Å². The molecule has 0 aliphatic rings. The SMILES string of the molecule is NCCCN(c1ccc(F)cc1)c1ncccc1F. The first-order chi connectivity index (χ1) is 9.22. The molecule has 0 aliphatic heterocycles. The predicted molar refractivity (Wildman–Crippen MR) is 71.3 cm³/mol. The molecule has 5 heteroatoms. The number of benzene rings is 1. The summed E-state index contributed by atoms with van der Waals surface area (Å²) >= 11 is 0. The summed E-state index contributed by atoms with van der Waals surface area (Å²) < 4.78 is 26.8. The van der Waals surface area contributed by atoms with Gasteiger partial charge in [0.1, 0.15) is 5.82 Å². The summed E-state index contributed by atoms with van der Waals surface area (Å²) in [5.41, 5.74) is 6.18. The van der Waals surface area contributed by atoms with Gasteiger partial charge in [0, 0.05) is 18.4 Å². The molecule has 0 bridgehead atoms. The lowest BCUT2D eigenvalue weighted by Crippen LogP contribution is -2.22. The van der Waals surface area contributed by atoms with Gasteiger partial charge in [0.05, 0.1) is 0 Å². The third-order valence-corrected chi connectivity index (χ3v) is 2.72. The molecular weight excluding hydrogens is 248 g/mol. The zero-order chi connectivity index (χ0) is 13.7. The number of pyridine rings is 1. The Hall–Kier alpha value is -2.01. The summed E-state index contributed by atoms with van der Waals surface area (Å²) in [6.45, 7) is 1.02. The molecule has 1 heterocycles. The third-order valence-electron chi connectivity index (χ3n) is 2.72. The van der Waals surface area contributed by atoms with E-state index >= 15 is 0 Å². The second kappa shape index (κ2) is 6.24. The van der Waals surface area contributed by atoms with Crippen LogP contribution >= 0.6 is 0 Å². The fourth-order valence-electron chi connectivity index (χ4n) is 1.80. The molecule has 0 fully saturated rings. The van der Waals surface area contributed by atoms with Crippen LogP contribution in [0.3, 0.4) is 0 Å². The van der Waals surface area contributed by atoms with Crippen molar-refractivity contribution < 1.29 is 8.78 Å². The van der Waals surface area contributed by atoms with E-state index in [-0.39, 0.29) is 11.6 Å².